The Kier molecular flexibility index (Phi) is 4.14. The Hall–Kier alpha value is -1.49. The quantitative estimate of drug-likeness (QED) is 0.828. The molecule has 1 amide bonds. The van der Waals surface area contributed by atoms with Crippen LogP contribution in [-0.4, -0.2) is 24.2 Å². The Balaban J connectivity index is 1.97. The minimum atomic E-state index is -0.593. The van der Waals surface area contributed by atoms with Crippen LogP contribution in [0.2, 0.25) is 0 Å². The highest BCUT2D eigenvalue weighted by Gasteiger charge is 2.46. The van der Waals surface area contributed by atoms with Gasteiger partial charge >= 0.3 is 0 Å². The van der Waals surface area contributed by atoms with Gasteiger partial charge in [-0.1, -0.05) is 6.07 Å². The van der Waals surface area contributed by atoms with Gasteiger partial charge in [0.15, 0.2) is 0 Å². The number of carbonyl (C=O) groups excluding carboxylic acids is 1. The average molecular weight is 269 g/mol. The van der Waals surface area contributed by atoms with Crippen molar-refractivity contribution >= 4 is 5.91 Å². The number of rotatable bonds is 6. The predicted molar refractivity (Wildman–Crippen MR) is 66.6 cm³/mol. The molecule has 2 rings (SSSR count). The molecule has 0 saturated heterocycles. The first-order valence-corrected chi connectivity index (χ1v) is 6.40. The third kappa shape index (κ3) is 3.29. The van der Waals surface area contributed by atoms with Gasteiger partial charge in [-0.15, -0.1) is 0 Å². The van der Waals surface area contributed by atoms with Crippen molar-refractivity contribution < 1.29 is 18.7 Å². The van der Waals surface area contributed by atoms with Crippen molar-refractivity contribution in [3.8, 4) is 0 Å². The van der Waals surface area contributed by atoms with Gasteiger partial charge in [0.05, 0.1) is 0 Å². The lowest BCUT2D eigenvalue weighted by Crippen LogP contribution is -2.32. The van der Waals surface area contributed by atoms with Gasteiger partial charge in [0.25, 0.3) is 0 Å². The maximum atomic E-state index is 13.7. The lowest BCUT2D eigenvalue weighted by molar-refractivity contribution is -0.121. The van der Waals surface area contributed by atoms with E-state index in [1.54, 1.807) is 0 Å². The van der Waals surface area contributed by atoms with Crippen molar-refractivity contribution in [2.24, 2.45) is 0 Å². The summed E-state index contributed by atoms with van der Waals surface area (Å²) in [4.78, 5) is 11.5. The van der Waals surface area contributed by atoms with E-state index in [-0.39, 0.29) is 24.3 Å². The molecule has 2 N–H and O–H groups in total. The zero-order valence-corrected chi connectivity index (χ0v) is 10.6. The van der Waals surface area contributed by atoms with Crippen molar-refractivity contribution in [2.45, 2.75) is 31.1 Å². The van der Waals surface area contributed by atoms with Gasteiger partial charge in [0.2, 0.25) is 5.91 Å². The van der Waals surface area contributed by atoms with Crippen LogP contribution in [0.4, 0.5) is 8.78 Å². The fourth-order valence-corrected chi connectivity index (χ4v) is 2.21. The molecule has 1 aliphatic carbocycles. The number of hydrogen-bond acceptors (Lipinski definition) is 2. The molecule has 0 aromatic heterocycles. The second-order valence-corrected chi connectivity index (χ2v) is 5.01. The normalized spacial score (nSPS) is 16.2. The van der Waals surface area contributed by atoms with E-state index >= 15 is 0 Å². The van der Waals surface area contributed by atoms with Crippen molar-refractivity contribution in [1.82, 2.24) is 5.32 Å². The second-order valence-electron chi connectivity index (χ2n) is 5.01. The minimum Gasteiger partial charge on any atom is -0.396 e. The molecule has 0 bridgehead atoms. The van der Waals surface area contributed by atoms with Crippen LogP contribution in [0, 0.1) is 11.6 Å². The number of nitrogens with one attached hydrogen (secondary N) is 1. The molecule has 0 aliphatic heterocycles. The molecule has 3 nitrogen and oxygen atoms in total. The smallest absolute Gasteiger partial charge is 0.220 e. The monoisotopic (exact) mass is 269 g/mol. The summed E-state index contributed by atoms with van der Waals surface area (Å²) in [5, 5.41) is 11.4. The summed E-state index contributed by atoms with van der Waals surface area (Å²) in [6.45, 7) is 0.338. The van der Waals surface area contributed by atoms with Crippen LogP contribution in [0.1, 0.15) is 31.2 Å². The van der Waals surface area contributed by atoms with Crippen molar-refractivity contribution in [3.05, 3.63) is 35.4 Å². The molecule has 1 aromatic carbocycles. The summed E-state index contributed by atoms with van der Waals surface area (Å²) >= 11 is 0. The Morgan fingerprint density at radius 1 is 1.37 bits per heavy atom. The molecule has 0 heterocycles. The number of halogens is 2. The van der Waals surface area contributed by atoms with Crippen molar-refractivity contribution in [1.29, 1.82) is 0 Å². The van der Waals surface area contributed by atoms with Crippen LogP contribution in [0.15, 0.2) is 18.2 Å². The van der Waals surface area contributed by atoms with E-state index in [0.717, 1.165) is 18.9 Å². The Labute approximate surface area is 110 Å². The highest BCUT2D eigenvalue weighted by molar-refractivity contribution is 5.76. The molecular weight excluding hydrogens is 252 g/mol. The van der Waals surface area contributed by atoms with Crippen LogP contribution in [0.25, 0.3) is 0 Å². The number of hydrogen-bond donors (Lipinski definition) is 2. The predicted octanol–water partition coefficient (Wildman–Crippen LogP) is 1.89. The van der Waals surface area contributed by atoms with Gasteiger partial charge in [-0.25, -0.2) is 8.78 Å². The van der Waals surface area contributed by atoms with Gasteiger partial charge in [0.1, 0.15) is 11.6 Å². The van der Waals surface area contributed by atoms with Gasteiger partial charge in [-0.3, -0.25) is 4.79 Å². The first-order valence-electron chi connectivity index (χ1n) is 6.40. The highest BCUT2D eigenvalue weighted by Crippen LogP contribution is 2.48. The number of carbonyl (C=O) groups is 1. The minimum absolute atomic E-state index is 0.0227. The molecule has 1 saturated carbocycles. The molecule has 104 valence electrons. The van der Waals surface area contributed by atoms with E-state index in [4.69, 9.17) is 5.11 Å². The first kappa shape index (κ1) is 13.9. The molecule has 0 spiro atoms. The topological polar surface area (TPSA) is 49.3 Å². The van der Waals surface area contributed by atoms with E-state index in [1.807, 2.05) is 0 Å². The molecule has 19 heavy (non-hydrogen) atoms. The molecule has 5 heteroatoms. The summed E-state index contributed by atoms with van der Waals surface area (Å²) in [5.74, 6) is -1.30. The fraction of sp³-hybridized carbons (Fsp3) is 0.500. The maximum Gasteiger partial charge on any atom is 0.220 e. The number of aliphatic hydroxyl groups is 1. The maximum absolute atomic E-state index is 13.7. The van der Waals surface area contributed by atoms with E-state index in [9.17, 15) is 13.6 Å². The first-order chi connectivity index (χ1) is 9.07. The Morgan fingerprint density at radius 3 is 2.68 bits per heavy atom. The van der Waals surface area contributed by atoms with Gasteiger partial charge < -0.3 is 10.4 Å². The van der Waals surface area contributed by atoms with Gasteiger partial charge in [-0.2, -0.15) is 0 Å². The molecule has 1 fully saturated rings. The Morgan fingerprint density at radius 2 is 2.11 bits per heavy atom. The van der Waals surface area contributed by atoms with E-state index in [1.165, 1.54) is 12.1 Å². The summed E-state index contributed by atoms with van der Waals surface area (Å²) in [6, 6.07) is 3.58. The van der Waals surface area contributed by atoms with E-state index < -0.39 is 11.6 Å². The number of amides is 1. The molecule has 0 unspecified atom stereocenters. The van der Waals surface area contributed by atoms with Gasteiger partial charge in [0, 0.05) is 31.1 Å². The summed E-state index contributed by atoms with van der Waals surface area (Å²) in [5.41, 5.74) is 0.0866. The average Bonchev–Trinajstić information content (AvgIpc) is 3.15. The second kappa shape index (κ2) is 5.65. The zero-order chi connectivity index (χ0) is 13.9. The standard InChI is InChI=1S/C14H17F2NO2/c15-10-3-4-11(12(16)8-10)14(5-6-14)9-17-13(19)2-1-7-18/h3-4,8,18H,1-2,5-7,9H2,(H,17,19). The van der Waals surface area contributed by atoms with Crippen LogP contribution in [0.3, 0.4) is 0 Å². The van der Waals surface area contributed by atoms with Crippen molar-refractivity contribution in [2.75, 3.05) is 13.2 Å². The zero-order valence-electron chi connectivity index (χ0n) is 10.6. The highest BCUT2D eigenvalue weighted by atomic mass is 19.1. The number of aliphatic hydroxyl groups excluding tert-OH is 1. The number of benzene rings is 1. The lowest BCUT2D eigenvalue weighted by Gasteiger charge is -2.17. The fourth-order valence-electron chi connectivity index (χ4n) is 2.21. The third-order valence-corrected chi connectivity index (χ3v) is 3.54. The van der Waals surface area contributed by atoms with Crippen LogP contribution in [0.5, 0.6) is 0 Å². The van der Waals surface area contributed by atoms with Crippen LogP contribution in [-0.2, 0) is 10.2 Å². The van der Waals surface area contributed by atoms with E-state index in [2.05, 4.69) is 5.32 Å². The third-order valence-electron chi connectivity index (χ3n) is 3.54. The summed E-state index contributed by atoms with van der Waals surface area (Å²) in [6.07, 6.45) is 2.26. The molecule has 0 radical (unpaired) electrons. The Bertz CT molecular complexity index is 473. The largest absolute Gasteiger partial charge is 0.396 e. The molecule has 1 aliphatic rings. The lowest BCUT2D eigenvalue weighted by atomic mass is 9.95. The van der Waals surface area contributed by atoms with Crippen molar-refractivity contribution in [3.63, 3.8) is 0 Å². The van der Waals surface area contributed by atoms with Crippen LogP contribution >= 0.6 is 0 Å². The van der Waals surface area contributed by atoms with Crippen LogP contribution < -0.4 is 5.32 Å². The summed E-state index contributed by atoms with van der Waals surface area (Å²) in [7, 11) is 0. The molecular formula is C14H17F2NO2. The molecule has 0 atom stereocenters. The molecule has 1 aromatic rings. The summed E-state index contributed by atoms with van der Waals surface area (Å²) < 4.78 is 26.6. The van der Waals surface area contributed by atoms with Gasteiger partial charge in [-0.05, 0) is 30.9 Å². The van der Waals surface area contributed by atoms with E-state index in [0.29, 0.717) is 18.5 Å². The SMILES string of the molecule is O=C(CCCO)NCC1(c2ccc(F)cc2F)CC1.